The SMILES string of the molecule is CCCCCCCCCCCC[Si](OC)(OC)OC.CCCCCCCCCC[SiH2]O. The topological polar surface area (TPSA) is 47.9 Å². The minimum absolute atomic E-state index is 0.634. The fourth-order valence-corrected chi connectivity index (χ4v) is 6.18. The highest BCUT2D eigenvalue weighted by molar-refractivity contribution is 6.60. The molecule has 0 saturated heterocycles. The normalized spacial score (nSPS) is 11.8. The maximum Gasteiger partial charge on any atom is 0.500 e. The first kappa shape index (κ1) is 33.4. The van der Waals surface area contributed by atoms with Crippen LogP contribution in [0.5, 0.6) is 0 Å². The van der Waals surface area contributed by atoms with Gasteiger partial charge in [0.15, 0.2) is 9.76 Å². The van der Waals surface area contributed by atoms with Gasteiger partial charge >= 0.3 is 8.80 Å². The van der Waals surface area contributed by atoms with Gasteiger partial charge in [0.1, 0.15) is 0 Å². The molecule has 0 aliphatic rings. The Morgan fingerprint density at radius 2 is 0.839 bits per heavy atom. The summed E-state index contributed by atoms with van der Waals surface area (Å²) in [5, 5.41) is 0. The third-order valence-corrected chi connectivity index (χ3v) is 9.68. The van der Waals surface area contributed by atoms with Crippen LogP contribution in [0.25, 0.3) is 0 Å². The van der Waals surface area contributed by atoms with Gasteiger partial charge in [-0.3, -0.25) is 0 Å². The quantitative estimate of drug-likeness (QED) is 0.123. The third-order valence-electron chi connectivity index (χ3n) is 6.03. The first-order chi connectivity index (χ1) is 15.2. The van der Waals surface area contributed by atoms with E-state index in [0.717, 1.165) is 18.5 Å². The summed E-state index contributed by atoms with van der Waals surface area (Å²) in [5.74, 6) is 0. The number of unbranched alkanes of at least 4 members (excludes halogenated alkanes) is 16. The lowest BCUT2D eigenvalue weighted by Gasteiger charge is -2.24. The van der Waals surface area contributed by atoms with E-state index in [0.29, 0.717) is 0 Å². The molecule has 0 bridgehead atoms. The second-order valence-corrected chi connectivity index (χ2v) is 13.0. The molecule has 0 saturated carbocycles. The van der Waals surface area contributed by atoms with Crippen molar-refractivity contribution in [2.24, 2.45) is 0 Å². The second-order valence-electron chi connectivity index (χ2n) is 8.78. The van der Waals surface area contributed by atoms with Crippen molar-refractivity contribution < 1.29 is 18.1 Å². The monoisotopic (exact) mass is 478 g/mol. The van der Waals surface area contributed by atoms with E-state index in [1.165, 1.54) is 109 Å². The number of hydrogen-bond acceptors (Lipinski definition) is 4. The standard InChI is InChI=1S/C15H34O3Si.C10H24OSi/c1-5-6-7-8-9-10-11-12-13-14-15-19(16-2,17-3)18-4;1-2-3-4-5-6-7-8-9-10-12-11/h5-15H2,1-4H3;11H,2-10,12H2,1H3. The Morgan fingerprint density at radius 1 is 0.516 bits per heavy atom. The molecule has 0 amide bonds. The van der Waals surface area contributed by atoms with Gasteiger partial charge in [-0.05, 0) is 12.5 Å². The fraction of sp³-hybridized carbons (Fsp3) is 1.00. The van der Waals surface area contributed by atoms with E-state index in [2.05, 4.69) is 13.8 Å². The van der Waals surface area contributed by atoms with Crippen molar-refractivity contribution in [1.29, 1.82) is 0 Å². The Labute approximate surface area is 199 Å². The molecule has 0 aromatic rings. The molecule has 0 rings (SSSR count). The molecule has 0 atom stereocenters. The lowest BCUT2D eigenvalue weighted by Crippen LogP contribution is -2.42. The third kappa shape index (κ3) is 24.7. The average molecular weight is 479 g/mol. The summed E-state index contributed by atoms with van der Waals surface area (Å²) in [6.45, 7) is 4.52. The minimum atomic E-state index is -2.31. The van der Waals surface area contributed by atoms with E-state index in [1.807, 2.05) is 0 Å². The van der Waals surface area contributed by atoms with Crippen LogP contribution in [-0.4, -0.2) is 44.7 Å². The molecule has 0 aromatic heterocycles. The van der Waals surface area contributed by atoms with Crippen LogP contribution in [0, 0.1) is 0 Å². The molecule has 0 aliphatic carbocycles. The molecule has 31 heavy (non-hydrogen) atoms. The molecular formula is C25H58O4Si2. The smallest absolute Gasteiger partial charge is 0.438 e. The molecule has 0 aromatic carbocycles. The lowest BCUT2D eigenvalue weighted by molar-refractivity contribution is 0.122. The highest BCUT2D eigenvalue weighted by Crippen LogP contribution is 2.18. The molecule has 0 fully saturated rings. The molecular weight excluding hydrogens is 420 g/mol. The van der Waals surface area contributed by atoms with Crippen molar-refractivity contribution in [2.45, 2.75) is 142 Å². The van der Waals surface area contributed by atoms with Gasteiger partial charge in [0.2, 0.25) is 0 Å². The van der Waals surface area contributed by atoms with Crippen molar-refractivity contribution in [3.63, 3.8) is 0 Å². The molecule has 190 valence electrons. The van der Waals surface area contributed by atoms with Gasteiger partial charge in [0.05, 0.1) is 0 Å². The zero-order chi connectivity index (χ0) is 23.5. The lowest BCUT2D eigenvalue weighted by atomic mass is 10.1. The number of hydrogen-bond donors (Lipinski definition) is 1. The molecule has 0 radical (unpaired) electrons. The molecule has 0 spiro atoms. The molecule has 1 N–H and O–H groups in total. The predicted molar refractivity (Wildman–Crippen MR) is 142 cm³/mol. The largest absolute Gasteiger partial charge is 0.500 e. The van der Waals surface area contributed by atoms with Gasteiger partial charge < -0.3 is 18.1 Å². The predicted octanol–water partition coefficient (Wildman–Crippen LogP) is 7.41. The van der Waals surface area contributed by atoms with Crippen LogP contribution < -0.4 is 0 Å². The van der Waals surface area contributed by atoms with Gasteiger partial charge in [0.25, 0.3) is 0 Å². The van der Waals surface area contributed by atoms with Crippen LogP contribution in [0.1, 0.15) is 129 Å². The Kier molecular flexibility index (Phi) is 30.5. The van der Waals surface area contributed by atoms with Crippen LogP contribution in [0.15, 0.2) is 0 Å². The van der Waals surface area contributed by atoms with Crippen molar-refractivity contribution in [3.05, 3.63) is 0 Å². The summed E-state index contributed by atoms with van der Waals surface area (Å²) in [7, 11) is 2.13. The van der Waals surface area contributed by atoms with E-state index in [9.17, 15) is 0 Å². The van der Waals surface area contributed by atoms with Gasteiger partial charge in [-0.25, -0.2) is 0 Å². The first-order valence-electron chi connectivity index (χ1n) is 13.4. The van der Waals surface area contributed by atoms with Gasteiger partial charge in [-0.15, -0.1) is 0 Å². The maximum absolute atomic E-state index is 8.68. The van der Waals surface area contributed by atoms with Crippen LogP contribution >= 0.6 is 0 Å². The Balaban J connectivity index is 0. The molecule has 6 heteroatoms. The van der Waals surface area contributed by atoms with Crippen LogP contribution in [0.4, 0.5) is 0 Å². The van der Waals surface area contributed by atoms with Crippen LogP contribution in [-0.2, 0) is 13.3 Å². The van der Waals surface area contributed by atoms with Crippen LogP contribution in [0.2, 0.25) is 12.1 Å². The van der Waals surface area contributed by atoms with Gasteiger partial charge in [-0.1, -0.05) is 123 Å². The molecule has 0 heterocycles. The van der Waals surface area contributed by atoms with E-state index in [-0.39, 0.29) is 0 Å². The zero-order valence-corrected chi connectivity index (χ0v) is 24.4. The highest BCUT2D eigenvalue weighted by Gasteiger charge is 2.36. The molecule has 0 aliphatic heterocycles. The molecule has 4 nitrogen and oxygen atoms in total. The second kappa shape index (κ2) is 28.3. The summed E-state index contributed by atoms with van der Waals surface area (Å²) in [6, 6.07) is 2.07. The van der Waals surface area contributed by atoms with Crippen molar-refractivity contribution in [1.82, 2.24) is 0 Å². The fourth-order valence-electron chi connectivity index (χ4n) is 3.81. The summed E-state index contributed by atoms with van der Waals surface area (Å²) in [5.41, 5.74) is 0. The van der Waals surface area contributed by atoms with Crippen molar-refractivity contribution in [3.8, 4) is 0 Å². The van der Waals surface area contributed by atoms with Crippen LogP contribution in [0.3, 0.4) is 0 Å². The minimum Gasteiger partial charge on any atom is -0.438 e. The summed E-state index contributed by atoms with van der Waals surface area (Å²) < 4.78 is 16.2. The van der Waals surface area contributed by atoms with E-state index in [1.54, 1.807) is 21.3 Å². The zero-order valence-electron chi connectivity index (χ0n) is 22.0. The van der Waals surface area contributed by atoms with E-state index >= 15 is 0 Å². The Morgan fingerprint density at radius 3 is 1.16 bits per heavy atom. The van der Waals surface area contributed by atoms with Gasteiger partial charge in [0, 0.05) is 27.4 Å². The molecule has 0 unspecified atom stereocenters. The van der Waals surface area contributed by atoms with Crippen molar-refractivity contribution >= 4 is 18.6 Å². The summed E-state index contributed by atoms with van der Waals surface area (Å²) in [6.07, 6.45) is 24.5. The first-order valence-corrected chi connectivity index (χ1v) is 17.0. The van der Waals surface area contributed by atoms with E-state index in [4.69, 9.17) is 18.1 Å². The Hall–Kier alpha value is 0.274. The Bertz CT molecular complexity index is 298. The number of rotatable bonds is 23. The maximum atomic E-state index is 8.68. The van der Waals surface area contributed by atoms with Gasteiger partial charge in [-0.2, -0.15) is 0 Å². The van der Waals surface area contributed by atoms with Crippen molar-refractivity contribution in [2.75, 3.05) is 21.3 Å². The summed E-state index contributed by atoms with van der Waals surface area (Å²) >= 11 is 0. The highest BCUT2D eigenvalue weighted by atomic mass is 28.4. The van der Waals surface area contributed by atoms with E-state index < -0.39 is 18.6 Å². The summed E-state index contributed by atoms with van der Waals surface area (Å²) in [4.78, 5) is 8.68. The average Bonchev–Trinajstić information content (AvgIpc) is 2.80.